The second-order valence-electron chi connectivity index (χ2n) is 7.56. The first-order valence-electron chi connectivity index (χ1n) is 11.2. The van der Waals surface area contributed by atoms with Crippen LogP contribution in [0.2, 0.25) is 5.02 Å². The molecule has 6 nitrogen and oxygen atoms in total. The highest BCUT2D eigenvalue weighted by atomic mass is 79.9. The molecule has 1 heterocycles. The van der Waals surface area contributed by atoms with Gasteiger partial charge in [-0.25, -0.2) is 4.39 Å². The topological polar surface area (TPSA) is 65.1 Å². The van der Waals surface area contributed by atoms with E-state index in [4.69, 9.17) is 38.0 Å². The summed E-state index contributed by atoms with van der Waals surface area (Å²) >= 11 is 16.1. The summed E-state index contributed by atoms with van der Waals surface area (Å²) in [6, 6.07) is 7.92. The average molecular weight is 617 g/mol. The van der Waals surface area contributed by atoms with Gasteiger partial charge in [-0.1, -0.05) is 48.6 Å². The first kappa shape index (κ1) is 28.4. The van der Waals surface area contributed by atoms with Crippen LogP contribution in [0.3, 0.4) is 0 Å². The number of hydrogen-bond donors (Lipinski definition) is 0. The second kappa shape index (κ2) is 13.4. The van der Waals surface area contributed by atoms with E-state index in [0.717, 1.165) is 18.2 Å². The van der Waals surface area contributed by atoms with Gasteiger partial charge in [0.1, 0.15) is 16.7 Å². The van der Waals surface area contributed by atoms with Crippen LogP contribution in [0.1, 0.15) is 37.8 Å². The van der Waals surface area contributed by atoms with Crippen LogP contribution in [0.15, 0.2) is 39.7 Å². The lowest BCUT2D eigenvalue weighted by Crippen LogP contribution is -2.30. The third-order valence-electron chi connectivity index (χ3n) is 4.93. The summed E-state index contributed by atoms with van der Waals surface area (Å²) in [5, 5.41) is 0.265. The van der Waals surface area contributed by atoms with Gasteiger partial charge in [0.05, 0.1) is 34.0 Å². The van der Waals surface area contributed by atoms with Crippen molar-refractivity contribution in [2.24, 2.45) is 0 Å². The van der Waals surface area contributed by atoms with Gasteiger partial charge in [0, 0.05) is 12.1 Å². The molecule has 3 rings (SSSR count). The molecule has 36 heavy (non-hydrogen) atoms. The lowest BCUT2D eigenvalue weighted by atomic mass is 10.1. The van der Waals surface area contributed by atoms with Crippen molar-refractivity contribution in [3.8, 4) is 11.5 Å². The summed E-state index contributed by atoms with van der Waals surface area (Å²) in [4.78, 5) is 26.5. The zero-order chi connectivity index (χ0) is 26.2. The molecule has 2 aromatic carbocycles. The van der Waals surface area contributed by atoms with E-state index in [0.29, 0.717) is 44.0 Å². The number of nitrogens with zero attached hydrogens (tertiary/aromatic N) is 1. The van der Waals surface area contributed by atoms with Crippen molar-refractivity contribution in [3.05, 3.63) is 61.7 Å². The van der Waals surface area contributed by atoms with Crippen LogP contribution >= 0.6 is 51.5 Å². The molecule has 0 aliphatic carbocycles. The minimum absolute atomic E-state index is 0.0673. The number of carbonyl (C=O) groups excluding carboxylic acids is 2. The van der Waals surface area contributed by atoms with E-state index in [1.165, 1.54) is 17.0 Å². The smallest absolute Gasteiger partial charge is 0.307 e. The maximum absolute atomic E-state index is 14.2. The molecular weight excluding hydrogens is 593 g/mol. The molecule has 0 bridgehead atoms. The van der Waals surface area contributed by atoms with E-state index in [9.17, 15) is 14.0 Å². The van der Waals surface area contributed by atoms with E-state index in [2.05, 4.69) is 15.9 Å². The van der Waals surface area contributed by atoms with Gasteiger partial charge in [0.15, 0.2) is 11.5 Å². The number of ether oxygens (including phenoxy) is 3. The molecule has 0 spiro atoms. The molecule has 0 unspecified atom stereocenters. The number of hydrogen-bond acceptors (Lipinski definition) is 7. The van der Waals surface area contributed by atoms with Crippen molar-refractivity contribution in [3.63, 3.8) is 0 Å². The van der Waals surface area contributed by atoms with Crippen molar-refractivity contribution in [1.82, 2.24) is 4.90 Å². The molecule has 11 heteroatoms. The Morgan fingerprint density at radius 1 is 1.28 bits per heavy atom. The Kier molecular flexibility index (Phi) is 10.6. The van der Waals surface area contributed by atoms with Gasteiger partial charge in [0.25, 0.3) is 5.91 Å². The van der Waals surface area contributed by atoms with Gasteiger partial charge < -0.3 is 14.2 Å². The predicted molar refractivity (Wildman–Crippen MR) is 147 cm³/mol. The summed E-state index contributed by atoms with van der Waals surface area (Å²) in [5.41, 5.74) is 0.907. The molecule has 0 aromatic heterocycles. The van der Waals surface area contributed by atoms with E-state index < -0.39 is 5.82 Å². The van der Waals surface area contributed by atoms with E-state index in [1.807, 2.05) is 13.8 Å². The summed E-state index contributed by atoms with van der Waals surface area (Å²) < 4.78 is 31.8. The Morgan fingerprint density at radius 2 is 2.06 bits per heavy atom. The van der Waals surface area contributed by atoms with Crippen LogP contribution in [0.5, 0.6) is 11.5 Å². The lowest BCUT2D eigenvalue weighted by molar-refractivity contribution is -0.143. The molecule has 0 radical (unpaired) electrons. The van der Waals surface area contributed by atoms with Gasteiger partial charge in [-0.3, -0.25) is 14.5 Å². The summed E-state index contributed by atoms with van der Waals surface area (Å²) in [5.74, 6) is -0.315. The van der Waals surface area contributed by atoms with Crippen LogP contribution in [0.4, 0.5) is 4.39 Å². The predicted octanol–water partition coefficient (Wildman–Crippen LogP) is 6.76. The fourth-order valence-corrected chi connectivity index (χ4v) is 5.32. The quantitative estimate of drug-likeness (QED) is 0.157. The number of thiocarbonyl (C=S) groups is 1. The number of esters is 1. The highest BCUT2D eigenvalue weighted by molar-refractivity contribution is 9.10. The van der Waals surface area contributed by atoms with E-state index >= 15 is 0 Å². The van der Waals surface area contributed by atoms with Crippen LogP contribution in [-0.2, 0) is 20.9 Å². The number of carbonyl (C=O) groups is 2. The normalized spacial score (nSPS) is 14.5. The molecular formula is C25H24BrClFNO5S2. The Labute approximate surface area is 232 Å². The fourth-order valence-electron chi connectivity index (χ4n) is 3.22. The zero-order valence-corrected chi connectivity index (χ0v) is 23.6. The first-order chi connectivity index (χ1) is 17.2. The molecule has 0 saturated carbocycles. The third kappa shape index (κ3) is 7.21. The Bertz CT molecular complexity index is 1170. The van der Waals surface area contributed by atoms with Crippen LogP contribution in [-0.4, -0.2) is 40.9 Å². The molecule has 1 aliphatic rings. The molecule has 0 atom stereocenters. The SMILES string of the molecule is CCCOC(=O)CCN1C(=O)/C(=C\c2cc(Br)c(OCc3c(F)cccc3Cl)c(OCC)c2)SC1=S. The first-order valence-corrected chi connectivity index (χ1v) is 13.6. The number of thioether (sulfide) groups is 1. The Balaban J connectivity index is 1.78. The Morgan fingerprint density at radius 3 is 2.75 bits per heavy atom. The van der Waals surface area contributed by atoms with Crippen molar-refractivity contribution in [2.75, 3.05) is 19.8 Å². The maximum Gasteiger partial charge on any atom is 0.307 e. The number of benzene rings is 2. The van der Waals surface area contributed by atoms with Gasteiger partial charge in [-0.2, -0.15) is 0 Å². The summed E-state index contributed by atoms with van der Waals surface area (Å²) in [7, 11) is 0. The second-order valence-corrected chi connectivity index (χ2v) is 10.5. The van der Waals surface area contributed by atoms with Crippen LogP contribution < -0.4 is 9.47 Å². The van der Waals surface area contributed by atoms with Crippen molar-refractivity contribution in [1.29, 1.82) is 0 Å². The molecule has 2 aromatic rings. The van der Waals surface area contributed by atoms with Crippen molar-refractivity contribution >= 4 is 73.8 Å². The number of amides is 1. The molecule has 1 saturated heterocycles. The molecule has 1 aliphatic heterocycles. The van der Waals surface area contributed by atoms with E-state index in [1.54, 1.807) is 24.3 Å². The largest absolute Gasteiger partial charge is 0.490 e. The highest BCUT2D eigenvalue weighted by Gasteiger charge is 2.32. The van der Waals surface area contributed by atoms with Crippen LogP contribution in [0.25, 0.3) is 6.08 Å². The highest BCUT2D eigenvalue weighted by Crippen LogP contribution is 2.40. The third-order valence-corrected chi connectivity index (χ3v) is 7.25. The molecule has 0 N–H and O–H groups in total. The van der Waals surface area contributed by atoms with Crippen molar-refractivity contribution < 1.29 is 28.2 Å². The summed E-state index contributed by atoms with van der Waals surface area (Å²) in [6.45, 7) is 4.51. The monoisotopic (exact) mass is 615 g/mol. The van der Waals surface area contributed by atoms with Gasteiger partial charge in [0.2, 0.25) is 0 Å². The van der Waals surface area contributed by atoms with Crippen molar-refractivity contribution in [2.45, 2.75) is 33.3 Å². The minimum Gasteiger partial charge on any atom is -0.490 e. The lowest BCUT2D eigenvalue weighted by Gasteiger charge is -2.16. The molecule has 1 fully saturated rings. The number of rotatable bonds is 11. The molecule has 192 valence electrons. The van der Waals surface area contributed by atoms with Gasteiger partial charge >= 0.3 is 5.97 Å². The standard InChI is InChI=1S/C25H24BrClFNO5S2/c1-3-10-33-22(30)8-9-29-24(31)21(36-25(29)35)13-15-11-17(26)23(20(12-15)32-4-2)34-14-16-18(27)6-5-7-19(16)28/h5-7,11-13H,3-4,8-10,14H2,1-2H3/b21-13+. The van der Waals surface area contributed by atoms with Crippen LogP contribution in [0, 0.1) is 5.82 Å². The van der Waals surface area contributed by atoms with Gasteiger partial charge in [-0.05, 0) is 65.2 Å². The van der Waals surface area contributed by atoms with Gasteiger partial charge in [-0.15, -0.1) is 0 Å². The average Bonchev–Trinajstić information content (AvgIpc) is 3.09. The molecule has 1 amide bonds. The Hall–Kier alpha value is -2.14. The summed E-state index contributed by atoms with van der Waals surface area (Å²) in [6.07, 6.45) is 2.49. The number of halogens is 3. The maximum atomic E-state index is 14.2. The van der Waals surface area contributed by atoms with E-state index in [-0.39, 0.29) is 42.0 Å². The fraction of sp³-hybridized carbons (Fsp3) is 0.320. The minimum atomic E-state index is -0.464. The zero-order valence-electron chi connectivity index (χ0n) is 19.6.